The van der Waals surface area contributed by atoms with E-state index >= 15 is 0 Å². The molecule has 3 heterocycles. The highest BCUT2D eigenvalue weighted by molar-refractivity contribution is 5.87. The number of aromatic nitrogens is 4. The quantitative estimate of drug-likeness (QED) is 0.485. The average molecular weight is 469 g/mol. The molecule has 0 bridgehead atoms. The van der Waals surface area contributed by atoms with Gasteiger partial charge in [-0.2, -0.15) is 4.80 Å². The molecule has 1 saturated carbocycles. The Morgan fingerprint density at radius 1 is 1.24 bits per heavy atom. The molecule has 1 N–H and O–H groups in total. The van der Waals surface area contributed by atoms with Crippen molar-refractivity contribution in [3.8, 4) is 11.6 Å². The number of hydrogen-bond donors (Lipinski definition) is 1. The molecule has 2 amide bonds. The number of aryl methyl sites for hydroxylation is 1. The molecule has 0 aliphatic heterocycles. The number of amides is 2. The molecule has 10 nitrogen and oxygen atoms in total. The van der Waals surface area contributed by atoms with Crippen molar-refractivity contribution < 1.29 is 18.4 Å². The Morgan fingerprint density at radius 2 is 2.03 bits per heavy atom. The predicted molar refractivity (Wildman–Crippen MR) is 123 cm³/mol. The van der Waals surface area contributed by atoms with Gasteiger partial charge in [-0.25, -0.2) is 0 Å². The lowest BCUT2D eigenvalue weighted by Gasteiger charge is -2.32. The van der Waals surface area contributed by atoms with Crippen LogP contribution in [0.15, 0.2) is 39.4 Å². The summed E-state index contributed by atoms with van der Waals surface area (Å²) in [7, 11) is 0. The summed E-state index contributed by atoms with van der Waals surface area (Å²) in [6, 6.07) is 6.67. The van der Waals surface area contributed by atoms with E-state index < -0.39 is 6.04 Å². The van der Waals surface area contributed by atoms with Crippen LogP contribution in [0.1, 0.15) is 57.5 Å². The molecule has 1 fully saturated rings. The molecule has 1 atom stereocenters. The van der Waals surface area contributed by atoms with Gasteiger partial charge in [0.25, 0.3) is 0 Å². The number of rotatable bonds is 10. The van der Waals surface area contributed by atoms with Gasteiger partial charge in [-0.1, -0.05) is 26.7 Å². The van der Waals surface area contributed by atoms with Gasteiger partial charge in [0, 0.05) is 6.04 Å². The average Bonchev–Trinajstić information content (AvgIpc) is 3.58. The number of nitrogens with zero attached hydrogens (tertiary/aromatic N) is 5. The van der Waals surface area contributed by atoms with Crippen molar-refractivity contribution in [2.75, 3.05) is 0 Å². The van der Waals surface area contributed by atoms with Gasteiger partial charge in [0.05, 0.1) is 12.8 Å². The second-order valence-electron chi connectivity index (χ2n) is 9.29. The highest BCUT2D eigenvalue weighted by Crippen LogP contribution is 2.21. The summed E-state index contributed by atoms with van der Waals surface area (Å²) >= 11 is 0. The third-order valence-electron chi connectivity index (χ3n) is 5.99. The number of tetrazole rings is 1. The molecule has 1 aliphatic rings. The summed E-state index contributed by atoms with van der Waals surface area (Å²) in [5, 5.41) is 15.5. The normalized spacial score (nSPS) is 15.1. The topological polar surface area (TPSA) is 119 Å². The van der Waals surface area contributed by atoms with Crippen molar-refractivity contribution in [3.63, 3.8) is 0 Å². The largest absolute Gasteiger partial charge is 0.467 e. The van der Waals surface area contributed by atoms with E-state index in [0.29, 0.717) is 23.8 Å². The van der Waals surface area contributed by atoms with Crippen molar-refractivity contribution in [2.24, 2.45) is 5.92 Å². The summed E-state index contributed by atoms with van der Waals surface area (Å²) < 4.78 is 11.1. The summed E-state index contributed by atoms with van der Waals surface area (Å²) in [6.45, 7) is 5.94. The van der Waals surface area contributed by atoms with E-state index in [1.54, 1.807) is 29.4 Å². The molecule has 0 radical (unpaired) electrons. The minimum Gasteiger partial charge on any atom is -0.467 e. The molecule has 1 aliphatic carbocycles. The lowest BCUT2D eigenvalue weighted by Crippen LogP contribution is -2.52. The molecule has 10 heteroatoms. The number of furan rings is 2. The molecule has 0 saturated heterocycles. The minimum atomic E-state index is -0.631. The first-order valence-electron chi connectivity index (χ1n) is 11.9. The maximum absolute atomic E-state index is 13.5. The third kappa shape index (κ3) is 5.92. The van der Waals surface area contributed by atoms with E-state index in [1.165, 1.54) is 4.80 Å². The van der Waals surface area contributed by atoms with Gasteiger partial charge >= 0.3 is 0 Å². The maximum atomic E-state index is 13.5. The van der Waals surface area contributed by atoms with Gasteiger partial charge in [-0.3, -0.25) is 9.59 Å². The van der Waals surface area contributed by atoms with E-state index in [4.69, 9.17) is 8.83 Å². The fourth-order valence-corrected chi connectivity index (χ4v) is 4.31. The van der Waals surface area contributed by atoms with Crippen LogP contribution in [0.25, 0.3) is 11.6 Å². The van der Waals surface area contributed by atoms with Crippen molar-refractivity contribution >= 4 is 11.8 Å². The van der Waals surface area contributed by atoms with Crippen LogP contribution in [0.3, 0.4) is 0 Å². The van der Waals surface area contributed by atoms with Gasteiger partial charge < -0.3 is 19.1 Å². The fraction of sp³-hybridized carbons (Fsp3) is 0.542. The molecule has 3 aromatic heterocycles. The van der Waals surface area contributed by atoms with Gasteiger partial charge in [-0.15, -0.1) is 10.2 Å². The number of carbonyl (C=O) groups excluding carboxylic acids is 2. The van der Waals surface area contributed by atoms with Crippen LogP contribution in [0.4, 0.5) is 0 Å². The minimum absolute atomic E-state index is 0.126. The zero-order valence-electron chi connectivity index (χ0n) is 19.9. The Hall–Kier alpha value is -3.43. The van der Waals surface area contributed by atoms with Crippen LogP contribution in [-0.2, 0) is 22.7 Å². The Morgan fingerprint density at radius 3 is 2.68 bits per heavy atom. The van der Waals surface area contributed by atoms with Crippen molar-refractivity contribution in [1.82, 2.24) is 30.4 Å². The second kappa shape index (κ2) is 10.7. The Bertz CT molecular complexity index is 1080. The summed E-state index contributed by atoms with van der Waals surface area (Å²) in [4.78, 5) is 29.7. The van der Waals surface area contributed by atoms with Crippen LogP contribution in [0.5, 0.6) is 0 Å². The highest BCUT2D eigenvalue weighted by atomic mass is 16.3. The Balaban J connectivity index is 1.54. The first-order chi connectivity index (χ1) is 16.4. The highest BCUT2D eigenvalue weighted by Gasteiger charge is 2.33. The molecule has 182 valence electrons. The summed E-state index contributed by atoms with van der Waals surface area (Å²) in [5.74, 6) is 1.92. The van der Waals surface area contributed by atoms with Gasteiger partial charge in [0.2, 0.25) is 17.6 Å². The SMILES string of the molecule is Cc1ccc(-c2nnn(CC(=O)N(Cc3ccco3)[C@@H](CC(C)C)C(=O)NC3CCCC3)n2)o1. The van der Waals surface area contributed by atoms with Crippen LogP contribution in [0, 0.1) is 12.8 Å². The smallest absolute Gasteiger partial charge is 0.247 e. The van der Waals surface area contributed by atoms with E-state index in [-0.39, 0.29) is 36.9 Å². The second-order valence-corrected chi connectivity index (χ2v) is 9.29. The van der Waals surface area contributed by atoms with E-state index in [1.807, 2.05) is 26.8 Å². The van der Waals surface area contributed by atoms with Gasteiger partial charge in [-0.05, 0) is 61.6 Å². The first kappa shape index (κ1) is 23.7. The number of hydrogen-bond acceptors (Lipinski definition) is 7. The zero-order chi connectivity index (χ0) is 24.1. The molecule has 3 aromatic rings. The maximum Gasteiger partial charge on any atom is 0.247 e. The zero-order valence-corrected chi connectivity index (χ0v) is 19.9. The molecular formula is C24H32N6O4. The molecule has 0 spiro atoms. The molecule has 4 rings (SSSR count). The predicted octanol–water partition coefficient (Wildman–Crippen LogP) is 3.34. The lowest BCUT2D eigenvalue weighted by molar-refractivity contribution is -0.143. The molecule has 0 unspecified atom stereocenters. The number of carbonyl (C=O) groups is 2. The van der Waals surface area contributed by atoms with Gasteiger partial charge in [0.1, 0.15) is 24.1 Å². The van der Waals surface area contributed by atoms with Crippen LogP contribution in [0.2, 0.25) is 0 Å². The van der Waals surface area contributed by atoms with Crippen LogP contribution in [-0.4, -0.2) is 49.0 Å². The number of nitrogens with one attached hydrogen (secondary N) is 1. The molecule has 0 aromatic carbocycles. The standard InChI is InChI=1S/C24H32N6O4/c1-16(2)13-20(24(32)25-18-7-4-5-8-18)29(14-19-9-6-12-33-19)22(31)15-30-27-23(26-28-30)21-11-10-17(3)34-21/h6,9-12,16,18,20H,4-5,7-8,13-15H2,1-3H3,(H,25,32)/t20-/m0/s1. The van der Waals surface area contributed by atoms with Crippen LogP contribution >= 0.6 is 0 Å². The lowest BCUT2D eigenvalue weighted by atomic mass is 10.0. The summed E-state index contributed by atoms with van der Waals surface area (Å²) in [5.41, 5.74) is 0. The van der Waals surface area contributed by atoms with E-state index in [9.17, 15) is 9.59 Å². The Labute approximate surface area is 198 Å². The third-order valence-corrected chi connectivity index (χ3v) is 5.99. The van der Waals surface area contributed by atoms with Crippen molar-refractivity contribution in [2.45, 2.75) is 78.0 Å². The monoisotopic (exact) mass is 468 g/mol. The van der Waals surface area contributed by atoms with Crippen molar-refractivity contribution in [3.05, 3.63) is 42.0 Å². The fourth-order valence-electron chi connectivity index (χ4n) is 4.31. The summed E-state index contributed by atoms with van der Waals surface area (Å²) in [6.07, 6.45) is 6.28. The van der Waals surface area contributed by atoms with Gasteiger partial charge in [0.15, 0.2) is 5.76 Å². The first-order valence-corrected chi connectivity index (χ1v) is 11.9. The van der Waals surface area contributed by atoms with Crippen molar-refractivity contribution in [1.29, 1.82) is 0 Å². The van der Waals surface area contributed by atoms with E-state index in [2.05, 4.69) is 20.7 Å². The molecule has 34 heavy (non-hydrogen) atoms. The molecular weight excluding hydrogens is 436 g/mol. The van der Waals surface area contributed by atoms with E-state index in [0.717, 1.165) is 31.4 Å². The Kier molecular flexibility index (Phi) is 7.44. The van der Waals surface area contributed by atoms with Crippen LogP contribution < -0.4 is 5.32 Å².